The molecule has 13 heavy (non-hydrogen) atoms. The van der Waals surface area contributed by atoms with E-state index in [9.17, 15) is 0 Å². The Morgan fingerprint density at radius 2 is 2.31 bits per heavy atom. The Labute approximate surface area is 78.9 Å². The summed E-state index contributed by atoms with van der Waals surface area (Å²) in [5.41, 5.74) is 6.86. The molecule has 1 rings (SSSR count). The van der Waals surface area contributed by atoms with Crippen LogP contribution in [0.1, 0.15) is 18.9 Å². The molecule has 1 aromatic heterocycles. The van der Waals surface area contributed by atoms with Crippen molar-refractivity contribution in [2.24, 2.45) is 5.73 Å². The molecule has 3 heteroatoms. The highest BCUT2D eigenvalue weighted by Gasteiger charge is 1.98. The molecule has 0 fully saturated rings. The van der Waals surface area contributed by atoms with E-state index in [0.717, 1.165) is 12.8 Å². The lowest BCUT2D eigenvalue weighted by Gasteiger charge is -2.04. The zero-order valence-electron chi connectivity index (χ0n) is 8.16. The van der Waals surface area contributed by atoms with Gasteiger partial charge in [-0.15, -0.1) is 0 Å². The lowest BCUT2D eigenvalue weighted by atomic mass is 10.1. The van der Waals surface area contributed by atoms with Gasteiger partial charge in [0, 0.05) is 18.3 Å². The summed E-state index contributed by atoms with van der Waals surface area (Å²) in [6, 6.07) is 4.15. The van der Waals surface area contributed by atoms with E-state index >= 15 is 0 Å². The van der Waals surface area contributed by atoms with Gasteiger partial charge in [-0.2, -0.15) is 0 Å². The lowest BCUT2D eigenvalue weighted by molar-refractivity contribution is 0.397. The van der Waals surface area contributed by atoms with Gasteiger partial charge in [-0.1, -0.05) is 6.07 Å². The molecule has 0 unspecified atom stereocenters. The Bertz CT molecular complexity index is 244. The fourth-order valence-corrected chi connectivity index (χ4v) is 1.07. The predicted octanol–water partition coefficient (Wildman–Crippen LogP) is 1.37. The topological polar surface area (TPSA) is 48.1 Å². The molecule has 1 heterocycles. The fraction of sp³-hybridized carbons (Fsp3) is 0.500. The number of pyridine rings is 1. The van der Waals surface area contributed by atoms with Gasteiger partial charge >= 0.3 is 0 Å². The van der Waals surface area contributed by atoms with Crippen LogP contribution in [0.5, 0.6) is 5.88 Å². The minimum atomic E-state index is 0.252. The summed E-state index contributed by atoms with van der Waals surface area (Å²) >= 11 is 0. The van der Waals surface area contributed by atoms with E-state index in [-0.39, 0.29) is 6.04 Å². The van der Waals surface area contributed by atoms with Crippen molar-refractivity contribution >= 4 is 0 Å². The molecule has 1 atom stereocenters. The lowest BCUT2D eigenvalue weighted by Crippen LogP contribution is -2.15. The molecule has 1 aromatic rings. The quantitative estimate of drug-likeness (QED) is 0.761. The van der Waals surface area contributed by atoms with Gasteiger partial charge in [0.15, 0.2) is 0 Å². The average Bonchev–Trinajstić information content (AvgIpc) is 2.15. The van der Waals surface area contributed by atoms with Gasteiger partial charge in [-0.25, -0.2) is 4.98 Å². The summed E-state index contributed by atoms with van der Waals surface area (Å²) in [7, 11) is 1.62. The molecule has 0 aliphatic carbocycles. The Morgan fingerprint density at radius 1 is 1.54 bits per heavy atom. The molecular weight excluding hydrogens is 164 g/mol. The fourth-order valence-electron chi connectivity index (χ4n) is 1.07. The molecule has 72 valence electrons. The summed E-state index contributed by atoms with van der Waals surface area (Å²) in [4.78, 5) is 4.11. The highest BCUT2D eigenvalue weighted by Crippen LogP contribution is 2.08. The van der Waals surface area contributed by atoms with Gasteiger partial charge in [-0.3, -0.25) is 0 Å². The highest BCUT2D eigenvalue weighted by atomic mass is 16.5. The molecule has 0 amide bonds. The first-order chi connectivity index (χ1) is 6.22. The number of nitrogens with two attached hydrogens (primary N) is 1. The van der Waals surface area contributed by atoms with Crippen molar-refractivity contribution in [1.29, 1.82) is 0 Å². The summed E-state index contributed by atoms with van der Waals surface area (Å²) < 4.78 is 4.96. The minimum Gasteiger partial charge on any atom is -0.481 e. The summed E-state index contributed by atoms with van der Waals surface area (Å²) in [6.07, 6.45) is 3.81. The number of nitrogens with zero attached hydrogens (tertiary/aromatic N) is 1. The maximum absolute atomic E-state index is 5.65. The number of hydrogen-bond donors (Lipinski definition) is 1. The van der Waals surface area contributed by atoms with Gasteiger partial charge in [0.25, 0.3) is 0 Å². The van der Waals surface area contributed by atoms with Gasteiger partial charge in [0.05, 0.1) is 7.11 Å². The van der Waals surface area contributed by atoms with Crippen molar-refractivity contribution in [1.82, 2.24) is 4.98 Å². The van der Waals surface area contributed by atoms with Crippen LogP contribution in [0.2, 0.25) is 0 Å². The van der Waals surface area contributed by atoms with Crippen molar-refractivity contribution in [3.05, 3.63) is 23.9 Å². The van der Waals surface area contributed by atoms with Crippen molar-refractivity contribution in [2.75, 3.05) is 7.11 Å². The Hall–Kier alpha value is -1.09. The number of rotatable bonds is 4. The highest BCUT2D eigenvalue weighted by molar-refractivity contribution is 5.17. The third-order valence-corrected chi connectivity index (χ3v) is 1.90. The van der Waals surface area contributed by atoms with Crippen LogP contribution in [-0.4, -0.2) is 18.1 Å². The normalized spacial score (nSPS) is 12.5. The second kappa shape index (κ2) is 4.82. The second-order valence-corrected chi connectivity index (χ2v) is 3.22. The maximum Gasteiger partial charge on any atom is 0.212 e. The third-order valence-electron chi connectivity index (χ3n) is 1.90. The SMILES string of the molecule is COc1ccc(CC[C@H](C)N)cn1. The van der Waals surface area contributed by atoms with Crippen LogP contribution in [-0.2, 0) is 6.42 Å². The third kappa shape index (κ3) is 3.42. The van der Waals surface area contributed by atoms with Gasteiger partial charge in [0.1, 0.15) is 0 Å². The smallest absolute Gasteiger partial charge is 0.212 e. The van der Waals surface area contributed by atoms with Crippen LogP contribution in [0.4, 0.5) is 0 Å². The molecule has 0 saturated heterocycles. The maximum atomic E-state index is 5.65. The van der Waals surface area contributed by atoms with Crippen molar-refractivity contribution < 1.29 is 4.74 Å². The molecule has 0 radical (unpaired) electrons. The number of aromatic nitrogens is 1. The van der Waals surface area contributed by atoms with Crippen molar-refractivity contribution in [3.63, 3.8) is 0 Å². The van der Waals surface area contributed by atoms with Crippen LogP contribution >= 0.6 is 0 Å². The van der Waals surface area contributed by atoms with Gasteiger partial charge in [0.2, 0.25) is 5.88 Å². The van der Waals surface area contributed by atoms with Crippen LogP contribution in [0.15, 0.2) is 18.3 Å². The molecule has 0 aliphatic rings. The first kappa shape index (κ1) is 9.99. The van der Waals surface area contributed by atoms with E-state index < -0.39 is 0 Å². The minimum absolute atomic E-state index is 0.252. The summed E-state index contributed by atoms with van der Waals surface area (Å²) in [6.45, 7) is 2.01. The molecule has 0 aliphatic heterocycles. The van der Waals surface area contributed by atoms with E-state index in [0.29, 0.717) is 5.88 Å². The van der Waals surface area contributed by atoms with Crippen molar-refractivity contribution in [3.8, 4) is 5.88 Å². The van der Waals surface area contributed by atoms with Crippen molar-refractivity contribution in [2.45, 2.75) is 25.8 Å². The zero-order chi connectivity index (χ0) is 9.68. The molecule has 0 saturated carbocycles. The molecule has 0 aromatic carbocycles. The van der Waals surface area contributed by atoms with Crippen LogP contribution in [0, 0.1) is 0 Å². The predicted molar refractivity (Wildman–Crippen MR) is 52.8 cm³/mol. The first-order valence-electron chi connectivity index (χ1n) is 4.47. The number of ether oxygens (including phenoxy) is 1. The monoisotopic (exact) mass is 180 g/mol. The first-order valence-corrected chi connectivity index (χ1v) is 4.47. The molecular formula is C10H16N2O. The van der Waals surface area contributed by atoms with E-state index in [4.69, 9.17) is 10.5 Å². The summed E-state index contributed by atoms with van der Waals surface area (Å²) in [5, 5.41) is 0. The van der Waals surface area contributed by atoms with E-state index in [1.165, 1.54) is 5.56 Å². The molecule has 0 bridgehead atoms. The van der Waals surface area contributed by atoms with Crippen LogP contribution in [0.25, 0.3) is 0 Å². The molecule has 0 spiro atoms. The number of aryl methyl sites for hydroxylation is 1. The Kier molecular flexibility index (Phi) is 3.71. The van der Waals surface area contributed by atoms with Gasteiger partial charge < -0.3 is 10.5 Å². The second-order valence-electron chi connectivity index (χ2n) is 3.22. The zero-order valence-corrected chi connectivity index (χ0v) is 8.16. The average molecular weight is 180 g/mol. The van der Waals surface area contributed by atoms with E-state index in [2.05, 4.69) is 4.98 Å². The Balaban J connectivity index is 2.49. The Morgan fingerprint density at radius 3 is 2.77 bits per heavy atom. The van der Waals surface area contributed by atoms with E-state index in [1.807, 2.05) is 25.3 Å². The number of methoxy groups -OCH3 is 1. The van der Waals surface area contributed by atoms with Crippen LogP contribution in [0.3, 0.4) is 0 Å². The standard InChI is InChI=1S/C10H16N2O/c1-8(11)3-4-9-5-6-10(13-2)12-7-9/h5-8H,3-4,11H2,1-2H3/t8-/m0/s1. The molecule has 2 N–H and O–H groups in total. The van der Waals surface area contributed by atoms with E-state index in [1.54, 1.807) is 7.11 Å². The van der Waals surface area contributed by atoms with Gasteiger partial charge in [-0.05, 0) is 25.3 Å². The largest absolute Gasteiger partial charge is 0.481 e. The molecule has 3 nitrogen and oxygen atoms in total. The summed E-state index contributed by atoms with van der Waals surface area (Å²) in [5.74, 6) is 0.657. The van der Waals surface area contributed by atoms with Crippen LogP contribution < -0.4 is 10.5 Å². The number of hydrogen-bond acceptors (Lipinski definition) is 3.